The number of nitrogens with zero attached hydrogens (tertiary/aromatic N) is 2. The smallest absolute Gasteiger partial charge is 0.270 e. The molecule has 0 bridgehead atoms. The third-order valence-electron chi connectivity index (χ3n) is 3.63. The molecule has 0 aliphatic heterocycles. The quantitative estimate of drug-likeness (QED) is 0.803. The number of pyridine rings is 2. The summed E-state index contributed by atoms with van der Waals surface area (Å²) in [7, 11) is 0. The Bertz CT molecular complexity index is 800. The van der Waals surface area contributed by atoms with Gasteiger partial charge in [-0.25, -0.2) is 0 Å². The number of rotatable bonds is 4. The van der Waals surface area contributed by atoms with E-state index in [1.165, 1.54) is 5.56 Å². The van der Waals surface area contributed by atoms with E-state index in [1.807, 2.05) is 30.3 Å². The fourth-order valence-corrected chi connectivity index (χ4v) is 2.39. The molecule has 110 valence electrons. The van der Waals surface area contributed by atoms with Crippen molar-refractivity contribution in [2.24, 2.45) is 0 Å². The third kappa shape index (κ3) is 2.96. The molecule has 0 radical (unpaired) electrons. The molecule has 4 nitrogen and oxygen atoms in total. The Morgan fingerprint density at radius 1 is 1.14 bits per heavy atom. The largest absolute Gasteiger partial charge is 0.347 e. The molecule has 22 heavy (non-hydrogen) atoms. The average molecular weight is 291 g/mol. The van der Waals surface area contributed by atoms with Crippen molar-refractivity contribution in [1.82, 2.24) is 15.3 Å². The van der Waals surface area contributed by atoms with Crippen LogP contribution in [0.15, 0.2) is 55.0 Å². The molecular weight excluding hydrogens is 274 g/mol. The van der Waals surface area contributed by atoms with Crippen LogP contribution in [0.25, 0.3) is 10.8 Å². The van der Waals surface area contributed by atoms with Gasteiger partial charge < -0.3 is 5.32 Å². The van der Waals surface area contributed by atoms with E-state index >= 15 is 0 Å². The Kier molecular flexibility index (Phi) is 4.10. The maximum absolute atomic E-state index is 12.4. The molecule has 0 saturated carbocycles. The molecule has 0 aliphatic rings. The lowest BCUT2D eigenvalue weighted by atomic mass is 10.0. The summed E-state index contributed by atoms with van der Waals surface area (Å²) in [5.41, 5.74) is 2.63. The molecule has 0 aliphatic carbocycles. The molecule has 0 unspecified atom stereocenters. The van der Waals surface area contributed by atoms with Crippen molar-refractivity contribution < 1.29 is 4.79 Å². The van der Waals surface area contributed by atoms with Crippen molar-refractivity contribution in [1.29, 1.82) is 0 Å². The highest BCUT2D eigenvalue weighted by molar-refractivity contribution is 6.05. The van der Waals surface area contributed by atoms with Gasteiger partial charge in [0.1, 0.15) is 5.69 Å². The lowest BCUT2D eigenvalue weighted by molar-refractivity contribution is 0.0948. The summed E-state index contributed by atoms with van der Waals surface area (Å²) in [5.74, 6) is -0.164. The first kappa shape index (κ1) is 14.2. The van der Waals surface area contributed by atoms with Crippen molar-refractivity contribution in [3.8, 4) is 0 Å². The topological polar surface area (TPSA) is 54.9 Å². The van der Waals surface area contributed by atoms with Crippen molar-refractivity contribution >= 4 is 16.7 Å². The van der Waals surface area contributed by atoms with Crippen LogP contribution in [0.5, 0.6) is 0 Å². The summed E-state index contributed by atoms with van der Waals surface area (Å²) < 4.78 is 0. The minimum atomic E-state index is -0.164. The van der Waals surface area contributed by atoms with Crippen LogP contribution in [0.1, 0.15) is 28.5 Å². The van der Waals surface area contributed by atoms with Crippen molar-refractivity contribution in [2.45, 2.75) is 19.9 Å². The van der Waals surface area contributed by atoms with Crippen LogP contribution in [0, 0.1) is 0 Å². The Morgan fingerprint density at radius 3 is 2.82 bits per heavy atom. The summed E-state index contributed by atoms with van der Waals surface area (Å²) in [6.07, 6.45) is 6.06. The van der Waals surface area contributed by atoms with E-state index in [4.69, 9.17) is 0 Å². The van der Waals surface area contributed by atoms with Crippen molar-refractivity contribution in [2.75, 3.05) is 0 Å². The molecule has 0 atom stereocenters. The second-order valence-electron chi connectivity index (χ2n) is 5.11. The molecule has 3 aromatic rings. The average Bonchev–Trinajstić information content (AvgIpc) is 2.59. The van der Waals surface area contributed by atoms with E-state index < -0.39 is 0 Å². The molecular formula is C18H17N3O. The lowest BCUT2D eigenvalue weighted by Crippen LogP contribution is -2.24. The van der Waals surface area contributed by atoms with Gasteiger partial charge in [0.05, 0.1) is 0 Å². The first-order valence-corrected chi connectivity index (χ1v) is 7.32. The van der Waals surface area contributed by atoms with E-state index in [-0.39, 0.29) is 5.91 Å². The maximum atomic E-state index is 12.4. The number of aromatic nitrogens is 2. The molecule has 4 heteroatoms. The first-order valence-electron chi connectivity index (χ1n) is 7.32. The molecule has 1 N–H and O–H groups in total. The Labute approximate surface area is 129 Å². The van der Waals surface area contributed by atoms with Gasteiger partial charge in [0, 0.05) is 30.5 Å². The van der Waals surface area contributed by atoms with E-state index in [1.54, 1.807) is 18.6 Å². The Balaban J connectivity index is 1.87. The second-order valence-corrected chi connectivity index (χ2v) is 5.11. The van der Waals surface area contributed by atoms with Crippen LogP contribution >= 0.6 is 0 Å². The summed E-state index contributed by atoms with van der Waals surface area (Å²) in [6, 6.07) is 11.9. The summed E-state index contributed by atoms with van der Waals surface area (Å²) in [4.78, 5) is 20.7. The molecule has 0 fully saturated rings. The zero-order chi connectivity index (χ0) is 15.4. The van der Waals surface area contributed by atoms with Crippen LogP contribution < -0.4 is 5.32 Å². The number of benzene rings is 1. The summed E-state index contributed by atoms with van der Waals surface area (Å²) in [5, 5.41) is 4.82. The van der Waals surface area contributed by atoms with Gasteiger partial charge in [0.25, 0.3) is 5.91 Å². The number of nitrogens with one attached hydrogen (secondary N) is 1. The lowest BCUT2D eigenvalue weighted by Gasteiger charge is -2.08. The second kappa shape index (κ2) is 6.35. The third-order valence-corrected chi connectivity index (χ3v) is 3.63. The van der Waals surface area contributed by atoms with Crippen molar-refractivity contribution in [3.63, 3.8) is 0 Å². The highest BCUT2D eigenvalue weighted by atomic mass is 16.1. The molecule has 2 aromatic heterocycles. The van der Waals surface area contributed by atoms with Gasteiger partial charge in [-0.3, -0.25) is 14.8 Å². The van der Waals surface area contributed by atoms with Gasteiger partial charge in [-0.2, -0.15) is 0 Å². The minimum Gasteiger partial charge on any atom is -0.347 e. The molecule has 0 saturated heterocycles. The number of aryl methyl sites for hydroxylation is 1. The number of fused-ring (bicyclic) bond motifs is 1. The molecule has 1 aromatic carbocycles. The Hall–Kier alpha value is -2.75. The SMILES string of the molecule is CCc1ccc2ccnc(C(=O)NCc3cccnc3)c2c1. The zero-order valence-electron chi connectivity index (χ0n) is 12.4. The predicted octanol–water partition coefficient (Wildman–Crippen LogP) is 3.12. The maximum Gasteiger partial charge on any atom is 0.270 e. The summed E-state index contributed by atoms with van der Waals surface area (Å²) >= 11 is 0. The highest BCUT2D eigenvalue weighted by Gasteiger charge is 2.11. The zero-order valence-corrected chi connectivity index (χ0v) is 12.4. The fraction of sp³-hybridized carbons (Fsp3) is 0.167. The van der Waals surface area contributed by atoms with Gasteiger partial charge in [-0.05, 0) is 41.1 Å². The molecule has 0 spiro atoms. The van der Waals surface area contributed by atoms with E-state index in [0.29, 0.717) is 12.2 Å². The van der Waals surface area contributed by atoms with E-state index in [2.05, 4.69) is 28.3 Å². The van der Waals surface area contributed by atoms with Gasteiger partial charge in [0.2, 0.25) is 0 Å². The standard InChI is InChI=1S/C18H17N3O/c1-2-13-5-6-15-7-9-20-17(16(15)10-13)18(22)21-12-14-4-3-8-19-11-14/h3-11H,2,12H2,1H3,(H,21,22). The Morgan fingerprint density at radius 2 is 2.05 bits per heavy atom. The number of carbonyl (C=O) groups excluding carboxylic acids is 1. The summed E-state index contributed by atoms with van der Waals surface area (Å²) in [6.45, 7) is 2.54. The highest BCUT2D eigenvalue weighted by Crippen LogP contribution is 2.19. The van der Waals surface area contributed by atoms with Gasteiger partial charge in [-0.15, -0.1) is 0 Å². The van der Waals surface area contributed by atoms with Crippen LogP contribution in [0.3, 0.4) is 0 Å². The minimum absolute atomic E-state index is 0.164. The van der Waals surface area contributed by atoms with Crippen LogP contribution in [0.2, 0.25) is 0 Å². The van der Waals surface area contributed by atoms with Crippen LogP contribution in [-0.4, -0.2) is 15.9 Å². The first-order chi connectivity index (χ1) is 10.8. The predicted molar refractivity (Wildman–Crippen MR) is 86.5 cm³/mol. The fourth-order valence-electron chi connectivity index (χ4n) is 2.39. The van der Waals surface area contributed by atoms with E-state index in [9.17, 15) is 4.79 Å². The van der Waals surface area contributed by atoms with Crippen LogP contribution in [-0.2, 0) is 13.0 Å². The van der Waals surface area contributed by atoms with E-state index in [0.717, 1.165) is 22.8 Å². The number of hydrogen-bond donors (Lipinski definition) is 1. The van der Waals surface area contributed by atoms with Gasteiger partial charge in [0.15, 0.2) is 0 Å². The van der Waals surface area contributed by atoms with Gasteiger partial charge >= 0.3 is 0 Å². The number of carbonyl (C=O) groups is 1. The molecule has 3 rings (SSSR count). The van der Waals surface area contributed by atoms with Crippen molar-refractivity contribution in [3.05, 3.63) is 71.8 Å². The molecule has 1 amide bonds. The monoisotopic (exact) mass is 291 g/mol. The number of amides is 1. The molecule has 2 heterocycles. The van der Waals surface area contributed by atoms with Crippen LogP contribution in [0.4, 0.5) is 0 Å². The normalized spacial score (nSPS) is 10.6. The van der Waals surface area contributed by atoms with Gasteiger partial charge in [-0.1, -0.05) is 25.1 Å². The number of hydrogen-bond acceptors (Lipinski definition) is 3.